The molecule has 19 heavy (non-hydrogen) atoms. The van der Waals surface area contributed by atoms with Crippen molar-refractivity contribution in [2.75, 3.05) is 6.61 Å². The zero-order valence-corrected chi connectivity index (χ0v) is 9.67. The minimum Gasteiger partial charge on any atom is -0.493 e. The zero-order chi connectivity index (χ0) is 14.4. The first-order valence-corrected chi connectivity index (χ1v) is 5.23. The molecule has 0 heterocycles. The molecule has 0 bridgehead atoms. The molecule has 0 radical (unpaired) electrons. The molecule has 0 saturated heterocycles. The lowest BCUT2D eigenvalue weighted by molar-refractivity contribution is -0.387. The van der Waals surface area contributed by atoms with Gasteiger partial charge in [0.05, 0.1) is 17.1 Å². The van der Waals surface area contributed by atoms with E-state index in [1.807, 2.05) is 0 Å². The average Bonchev–Trinajstić information content (AvgIpc) is 2.33. The number of carboxylic acid groups (broad SMARTS) is 1. The molecule has 8 heteroatoms. The van der Waals surface area contributed by atoms with Crippen LogP contribution < -0.4 is 4.74 Å². The van der Waals surface area contributed by atoms with Gasteiger partial charge >= 0.3 is 11.7 Å². The molecule has 0 aliphatic rings. The molecule has 1 N–H and O–H groups in total. The molecular weight excluding hydrogens is 261 g/mol. The third-order valence-corrected chi connectivity index (χ3v) is 2.18. The second-order valence-corrected chi connectivity index (χ2v) is 3.56. The van der Waals surface area contributed by atoms with Crippen molar-refractivity contribution in [3.63, 3.8) is 0 Å². The summed E-state index contributed by atoms with van der Waals surface area (Å²) in [4.78, 5) is 30.5. The van der Waals surface area contributed by atoms with Crippen LogP contribution in [0, 0.1) is 15.9 Å². The fourth-order valence-corrected chi connectivity index (χ4v) is 1.37. The van der Waals surface area contributed by atoms with Crippen molar-refractivity contribution < 1.29 is 28.7 Å². The molecule has 0 fully saturated rings. The van der Waals surface area contributed by atoms with Gasteiger partial charge in [0, 0.05) is 12.5 Å². The summed E-state index contributed by atoms with van der Waals surface area (Å²) in [5, 5.41) is 18.9. The number of aldehydes is 1. The molecular formula is C11H10FNO6. The van der Waals surface area contributed by atoms with Crippen molar-refractivity contribution >= 4 is 17.9 Å². The van der Waals surface area contributed by atoms with E-state index in [1.54, 1.807) is 0 Å². The number of carbonyl (C=O) groups is 2. The predicted molar refractivity (Wildman–Crippen MR) is 60.8 cm³/mol. The van der Waals surface area contributed by atoms with E-state index in [9.17, 15) is 24.1 Å². The van der Waals surface area contributed by atoms with E-state index < -0.39 is 28.0 Å². The van der Waals surface area contributed by atoms with Gasteiger partial charge in [-0.05, 0) is 12.5 Å². The maximum Gasteiger partial charge on any atom is 0.315 e. The van der Waals surface area contributed by atoms with E-state index in [1.165, 1.54) is 0 Å². The third kappa shape index (κ3) is 4.02. The third-order valence-electron chi connectivity index (χ3n) is 2.18. The van der Waals surface area contributed by atoms with Gasteiger partial charge < -0.3 is 9.84 Å². The smallest absolute Gasteiger partial charge is 0.315 e. The van der Waals surface area contributed by atoms with Crippen molar-refractivity contribution in [1.82, 2.24) is 0 Å². The maximum absolute atomic E-state index is 13.4. The quantitative estimate of drug-likeness (QED) is 0.350. The van der Waals surface area contributed by atoms with Gasteiger partial charge in [0.1, 0.15) is 5.75 Å². The number of carboxylic acids is 1. The summed E-state index contributed by atoms with van der Waals surface area (Å²) in [6.07, 6.45) is 0.242. The molecule has 1 aromatic rings. The van der Waals surface area contributed by atoms with Crippen LogP contribution >= 0.6 is 0 Å². The predicted octanol–water partition coefficient (Wildman–Crippen LogP) is 1.79. The lowest BCUT2D eigenvalue weighted by Gasteiger charge is -2.06. The van der Waals surface area contributed by atoms with Gasteiger partial charge in [-0.15, -0.1) is 0 Å². The number of hydrogen-bond donors (Lipinski definition) is 1. The minimum absolute atomic E-state index is 0.00183. The molecule has 0 atom stereocenters. The number of carbonyl (C=O) groups excluding carboxylic acids is 1. The van der Waals surface area contributed by atoms with Gasteiger partial charge in [0.25, 0.3) is 0 Å². The van der Waals surface area contributed by atoms with Gasteiger partial charge in [-0.25, -0.2) is 0 Å². The summed E-state index contributed by atoms with van der Waals surface area (Å²) < 4.78 is 18.4. The number of nitro groups is 1. The molecule has 1 aromatic carbocycles. The average molecular weight is 271 g/mol. The molecule has 0 amide bonds. The number of rotatable bonds is 7. The molecule has 102 valence electrons. The Kier molecular flexibility index (Phi) is 4.92. The SMILES string of the molecule is O=Cc1cc(OCCCC(=O)O)cc(F)c1[N+](=O)[O-]. The van der Waals surface area contributed by atoms with Crippen molar-refractivity contribution in [3.05, 3.63) is 33.6 Å². The van der Waals surface area contributed by atoms with Crippen LogP contribution in [0.2, 0.25) is 0 Å². The van der Waals surface area contributed by atoms with Crippen molar-refractivity contribution in [3.8, 4) is 5.75 Å². The molecule has 1 rings (SSSR count). The number of nitrogens with zero attached hydrogens (tertiary/aromatic N) is 1. The van der Waals surface area contributed by atoms with Crippen molar-refractivity contribution in [2.45, 2.75) is 12.8 Å². The number of benzene rings is 1. The van der Waals surface area contributed by atoms with Crippen molar-refractivity contribution in [1.29, 1.82) is 0 Å². The van der Waals surface area contributed by atoms with E-state index in [-0.39, 0.29) is 31.5 Å². The monoisotopic (exact) mass is 271 g/mol. The largest absolute Gasteiger partial charge is 0.493 e. The Morgan fingerprint density at radius 2 is 2.21 bits per heavy atom. The highest BCUT2D eigenvalue weighted by Gasteiger charge is 2.21. The number of halogens is 1. The van der Waals surface area contributed by atoms with E-state index in [2.05, 4.69) is 0 Å². The molecule has 0 aliphatic heterocycles. The maximum atomic E-state index is 13.4. The van der Waals surface area contributed by atoms with Crippen LogP contribution in [-0.4, -0.2) is 28.9 Å². The van der Waals surface area contributed by atoms with Gasteiger partial charge in [-0.2, -0.15) is 4.39 Å². The highest BCUT2D eigenvalue weighted by Crippen LogP contribution is 2.26. The highest BCUT2D eigenvalue weighted by atomic mass is 19.1. The molecule has 0 unspecified atom stereocenters. The number of hydrogen-bond acceptors (Lipinski definition) is 5. The van der Waals surface area contributed by atoms with Crippen LogP contribution in [-0.2, 0) is 4.79 Å². The molecule has 0 aliphatic carbocycles. The highest BCUT2D eigenvalue weighted by molar-refractivity contribution is 5.82. The van der Waals surface area contributed by atoms with Crippen LogP contribution in [0.1, 0.15) is 23.2 Å². The Morgan fingerprint density at radius 3 is 2.74 bits per heavy atom. The van der Waals surface area contributed by atoms with Gasteiger partial charge in [0.2, 0.25) is 5.82 Å². The minimum atomic E-state index is -1.18. The second kappa shape index (κ2) is 6.43. The topological polar surface area (TPSA) is 107 Å². The van der Waals surface area contributed by atoms with Gasteiger partial charge in [0.15, 0.2) is 6.29 Å². The summed E-state index contributed by atoms with van der Waals surface area (Å²) in [6.45, 7) is 0.00183. The normalized spacial score (nSPS) is 9.95. The number of aliphatic carboxylic acids is 1. The summed E-state index contributed by atoms with van der Waals surface area (Å²) in [7, 11) is 0. The fraction of sp³-hybridized carbons (Fsp3) is 0.273. The van der Waals surface area contributed by atoms with Crippen LogP contribution in [0.3, 0.4) is 0 Å². The Balaban J connectivity index is 2.81. The van der Waals surface area contributed by atoms with E-state index in [0.29, 0.717) is 0 Å². The fourth-order valence-electron chi connectivity index (χ4n) is 1.37. The van der Waals surface area contributed by atoms with E-state index in [4.69, 9.17) is 9.84 Å². The molecule has 0 spiro atoms. The Morgan fingerprint density at radius 1 is 1.53 bits per heavy atom. The number of ether oxygens (including phenoxy) is 1. The molecule has 0 aromatic heterocycles. The van der Waals surface area contributed by atoms with Crippen molar-refractivity contribution in [2.24, 2.45) is 0 Å². The zero-order valence-electron chi connectivity index (χ0n) is 9.67. The summed E-state index contributed by atoms with van der Waals surface area (Å²) in [6, 6.07) is 1.82. The lowest BCUT2D eigenvalue weighted by atomic mass is 10.2. The summed E-state index contributed by atoms with van der Waals surface area (Å²) >= 11 is 0. The number of nitro benzene ring substituents is 1. The first-order chi connectivity index (χ1) is 8.95. The van der Waals surface area contributed by atoms with Crippen LogP contribution in [0.4, 0.5) is 10.1 Å². The molecule has 0 saturated carbocycles. The first kappa shape index (κ1) is 14.6. The Hall–Kier alpha value is -2.51. The Bertz CT molecular complexity index is 516. The van der Waals surface area contributed by atoms with Gasteiger partial charge in [-0.1, -0.05) is 0 Å². The second-order valence-electron chi connectivity index (χ2n) is 3.56. The van der Waals surface area contributed by atoms with Crippen LogP contribution in [0.15, 0.2) is 12.1 Å². The van der Waals surface area contributed by atoms with E-state index in [0.717, 1.165) is 12.1 Å². The molecule has 7 nitrogen and oxygen atoms in total. The standard InChI is InChI=1S/C11H10FNO6/c12-9-5-8(19-3-1-2-10(15)16)4-7(6-14)11(9)13(17)18/h4-6H,1-3H2,(H,15,16). The first-order valence-electron chi connectivity index (χ1n) is 5.23. The van der Waals surface area contributed by atoms with E-state index >= 15 is 0 Å². The Labute approximate surface area is 106 Å². The summed E-state index contributed by atoms with van der Waals surface area (Å²) in [5.74, 6) is -2.23. The van der Waals surface area contributed by atoms with Gasteiger partial charge in [-0.3, -0.25) is 19.7 Å². The lowest BCUT2D eigenvalue weighted by Crippen LogP contribution is -2.04. The summed E-state index contributed by atoms with van der Waals surface area (Å²) in [5.41, 5.74) is -1.34. The van der Waals surface area contributed by atoms with Crippen LogP contribution in [0.25, 0.3) is 0 Å². The van der Waals surface area contributed by atoms with Crippen LogP contribution in [0.5, 0.6) is 5.75 Å².